The summed E-state index contributed by atoms with van der Waals surface area (Å²) in [5, 5.41) is 2.78. The Kier molecular flexibility index (Phi) is 5.94. The maximum absolute atomic E-state index is 12.4. The topological polar surface area (TPSA) is 48.5 Å². The monoisotopic (exact) mass is 356 g/mol. The van der Waals surface area contributed by atoms with Gasteiger partial charge < -0.3 is 15.1 Å². The molecule has 0 bridgehead atoms. The van der Waals surface area contributed by atoms with Gasteiger partial charge in [0.1, 0.15) is 5.82 Å². The quantitative estimate of drug-likeness (QED) is 0.835. The molecule has 1 N–H and O–H groups in total. The van der Waals surface area contributed by atoms with Gasteiger partial charge in [0.05, 0.1) is 17.1 Å². The largest absolute Gasteiger partial charge is 0.354 e. The highest BCUT2D eigenvalue weighted by Crippen LogP contribution is 2.24. The number of hydrogen-bond donors (Lipinski definition) is 1. The van der Waals surface area contributed by atoms with Gasteiger partial charge in [-0.25, -0.2) is 4.98 Å². The van der Waals surface area contributed by atoms with Gasteiger partial charge in [0, 0.05) is 31.1 Å². The van der Waals surface area contributed by atoms with Crippen LogP contribution in [0.5, 0.6) is 0 Å². The molecule has 132 valence electrons. The summed E-state index contributed by atoms with van der Waals surface area (Å²) in [4.78, 5) is 22.6. The molecule has 1 saturated heterocycles. The molecule has 25 heavy (non-hydrogen) atoms. The van der Waals surface area contributed by atoms with Crippen LogP contribution in [0.15, 0.2) is 53.6 Å². The van der Waals surface area contributed by atoms with Crippen molar-refractivity contribution in [2.75, 3.05) is 43.4 Å². The van der Waals surface area contributed by atoms with Crippen LogP contribution in [0, 0.1) is 0 Å². The average Bonchev–Trinajstić information content (AvgIpc) is 2.64. The normalized spacial score (nSPS) is 16.5. The third-order valence-corrected chi connectivity index (χ3v) is 5.38. The van der Waals surface area contributed by atoms with Crippen molar-refractivity contribution >= 4 is 29.2 Å². The van der Waals surface area contributed by atoms with Crippen molar-refractivity contribution in [3.63, 3.8) is 0 Å². The van der Waals surface area contributed by atoms with Crippen LogP contribution >= 0.6 is 11.8 Å². The van der Waals surface area contributed by atoms with Gasteiger partial charge in [-0.2, -0.15) is 0 Å². The summed E-state index contributed by atoms with van der Waals surface area (Å²) in [6.45, 7) is 5.99. The summed E-state index contributed by atoms with van der Waals surface area (Å²) in [7, 11) is 2.14. The summed E-state index contributed by atoms with van der Waals surface area (Å²) in [6, 6.07) is 13.9. The Hall–Kier alpha value is -2.05. The molecule has 5 nitrogen and oxygen atoms in total. The molecule has 1 aliphatic heterocycles. The first-order valence-corrected chi connectivity index (χ1v) is 9.42. The molecular formula is C19H24N4OS. The number of hydrogen-bond acceptors (Lipinski definition) is 5. The molecule has 1 aromatic carbocycles. The Labute approximate surface area is 153 Å². The fourth-order valence-electron chi connectivity index (χ4n) is 2.68. The Bertz CT molecular complexity index is 684. The van der Waals surface area contributed by atoms with Crippen molar-refractivity contribution < 1.29 is 4.79 Å². The Morgan fingerprint density at radius 3 is 2.48 bits per heavy atom. The minimum absolute atomic E-state index is 0.0111. The second-order valence-electron chi connectivity index (χ2n) is 6.26. The van der Waals surface area contributed by atoms with Gasteiger partial charge in [0.25, 0.3) is 0 Å². The number of anilines is 2. The van der Waals surface area contributed by atoms with Crippen LogP contribution in [-0.4, -0.2) is 54.3 Å². The molecule has 6 heteroatoms. The second kappa shape index (κ2) is 8.36. The van der Waals surface area contributed by atoms with E-state index >= 15 is 0 Å². The van der Waals surface area contributed by atoms with Crippen LogP contribution in [0.1, 0.15) is 6.92 Å². The summed E-state index contributed by atoms with van der Waals surface area (Å²) < 4.78 is 0. The lowest BCUT2D eigenvalue weighted by Crippen LogP contribution is -2.44. The molecule has 0 aliphatic carbocycles. The first-order valence-electron chi connectivity index (χ1n) is 8.54. The summed E-state index contributed by atoms with van der Waals surface area (Å²) in [5.41, 5.74) is 0.739. The second-order valence-corrected chi connectivity index (χ2v) is 7.67. The van der Waals surface area contributed by atoms with Gasteiger partial charge in [-0.1, -0.05) is 18.2 Å². The van der Waals surface area contributed by atoms with Crippen LogP contribution in [0.3, 0.4) is 0 Å². The Morgan fingerprint density at radius 1 is 1.12 bits per heavy atom. The van der Waals surface area contributed by atoms with Gasteiger partial charge in [0.15, 0.2) is 0 Å². The number of rotatable bonds is 5. The smallest absolute Gasteiger partial charge is 0.237 e. The van der Waals surface area contributed by atoms with E-state index in [0.717, 1.165) is 42.6 Å². The van der Waals surface area contributed by atoms with Crippen molar-refractivity contribution in [2.24, 2.45) is 0 Å². The number of amides is 1. The van der Waals surface area contributed by atoms with Crippen molar-refractivity contribution in [3.05, 3.63) is 48.7 Å². The van der Waals surface area contributed by atoms with E-state index in [1.807, 2.05) is 49.4 Å². The predicted octanol–water partition coefficient (Wildman–Crippen LogP) is 2.95. The molecule has 0 radical (unpaired) electrons. The molecule has 1 fully saturated rings. The number of aromatic nitrogens is 1. The minimum Gasteiger partial charge on any atom is -0.354 e. The van der Waals surface area contributed by atoms with Gasteiger partial charge >= 0.3 is 0 Å². The van der Waals surface area contributed by atoms with E-state index in [9.17, 15) is 4.79 Å². The summed E-state index contributed by atoms with van der Waals surface area (Å²) in [6.07, 6.45) is 1.74. The Morgan fingerprint density at radius 2 is 1.84 bits per heavy atom. The summed E-state index contributed by atoms with van der Waals surface area (Å²) >= 11 is 1.55. The molecule has 0 spiro atoms. The van der Waals surface area contributed by atoms with Crippen molar-refractivity contribution in [2.45, 2.75) is 17.1 Å². The fraction of sp³-hybridized carbons (Fsp3) is 0.368. The molecule has 1 aliphatic rings. The highest BCUT2D eigenvalue weighted by Gasteiger charge is 2.17. The molecule has 0 unspecified atom stereocenters. The first-order chi connectivity index (χ1) is 12.1. The first kappa shape index (κ1) is 17.8. The fourth-order valence-corrected chi connectivity index (χ4v) is 3.57. The number of nitrogens with zero attached hydrogens (tertiary/aromatic N) is 3. The number of thioether (sulfide) groups is 1. The predicted molar refractivity (Wildman–Crippen MR) is 104 cm³/mol. The van der Waals surface area contributed by atoms with E-state index in [1.54, 1.807) is 18.0 Å². The lowest BCUT2D eigenvalue weighted by atomic mass is 10.3. The van der Waals surface area contributed by atoms with E-state index in [0.29, 0.717) is 0 Å². The van der Waals surface area contributed by atoms with Gasteiger partial charge in [-0.3, -0.25) is 4.79 Å². The van der Waals surface area contributed by atoms with Crippen molar-refractivity contribution in [3.8, 4) is 0 Å². The van der Waals surface area contributed by atoms with Crippen LogP contribution in [0.2, 0.25) is 0 Å². The molecule has 1 atom stereocenters. The number of nitrogens with one attached hydrogen (secondary N) is 1. The van der Waals surface area contributed by atoms with E-state index in [1.165, 1.54) is 0 Å². The third kappa shape index (κ3) is 4.96. The molecule has 1 amide bonds. The number of pyridine rings is 1. The third-order valence-electron chi connectivity index (χ3n) is 4.27. The Balaban J connectivity index is 1.54. The van der Waals surface area contributed by atoms with Crippen LogP contribution in [-0.2, 0) is 4.79 Å². The number of likely N-dealkylation sites (N-methyl/N-ethyl adjacent to an activating group) is 1. The lowest BCUT2D eigenvalue weighted by Gasteiger charge is -2.33. The van der Waals surface area contributed by atoms with Gasteiger partial charge in [-0.05, 0) is 38.2 Å². The van der Waals surface area contributed by atoms with E-state index in [4.69, 9.17) is 0 Å². The van der Waals surface area contributed by atoms with E-state index < -0.39 is 0 Å². The van der Waals surface area contributed by atoms with E-state index in [-0.39, 0.29) is 11.2 Å². The average molecular weight is 356 g/mol. The minimum atomic E-state index is -0.167. The molecule has 2 heterocycles. The molecule has 2 aromatic rings. The molecule has 3 rings (SSSR count). The summed E-state index contributed by atoms with van der Waals surface area (Å²) in [5.74, 6) is 0.959. The van der Waals surface area contributed by atoms with Crippen LogP contribution in [0.25, 0.3) is 0 Å². The standard InChI is InChI=1S/C19H24N4OS/c1-15(25-17-6-4-3-5-7-17)19(24)21-16-8-9-18(20-14-16)23-12-10-22(2)11-13-23/h3-9,14-15H,10-13H2,1-2H3,(H,21,24)/t15-/m1/s1. The number of benzene rings is 1. The number of carbonyl (C=O) groups excluding carboxylic acids is 1. The maximum atomic E-state index is 12.4. The van der Waals surface area contributed by atoms with Gasteiger partial charge in [0.2, 0.25) is 5.91 Å². The van der Waals surface area contributed by atoms with Crippen molar-refractivity contribution in [1.82, 2.24) is 9.88 Å². The molecule has 0 saturated carbocycles. The zero-order valence-electron chi connectivity index (χ0n) is 14.7. The lowest BCUT2D eigenvalue weighted by molar-refractivity contribution is -0.115. The number of piperazine rings is 1. The number of carbonyl (C=O) groups is 1. The van der Waals surface area contributed by atoms with E-state index in [2.05, 4.69) is 27.1 Å². The van der Waals surface area contributed by atoms with Gasteiger partial charge in [-0.15, -0.1) is 11.8 Å². The highest BCUT2D eigenvalue weighted by atomic mass is 32.2. The molecular weight excluding hydrogens is 332 g/mol. The molecule has 1 aromatic heterocycles. The zero-order chi connectivity index (χ0) is 17.6. The highest BCUT2D eigenvalue weighted by molar-refractivity contribution is 8.00. The SMILES string of the molecule is C[C@@H](Sc1ccccc1)C(=O)Nc1ccc(N2CCN(C)CC2)nc1. The maximum Gasteiger partial charge on any atom is 0.237 e. The zero-order valence-corrected chi connectivity index (χ0v) is 15.5. The van der Waals surface area contributed by atoms with Crippen LogP contribution < -0.4 is 10.2 Å². The van der Waals surface area contributed by atoms with Crippen LogP contribution in [0.4, 0.5) is 11.5 Å². The van der Waals surface area contributed by atoms with Crippen molar-refractivity contribution in [1.29, 1.82) is 0 Å².